The highest BCUT2D eigenvalue weighted by molar-refractivity contribution is 7.80. The molecule has 3 heterocycles. The van der Waals surface area contributed by atoms with Crippen LogP contribution in [0.2, 0.25) is 0 Å². The highest BCUT2D eigenvalue weighted by Crippen LogP contribution is 2.39. The maximum absolute atomic E-state index is 13.0. The summed E-state index contributed by atoms with van der Waals surface area (Å²) in [6.07, 6.45) is 5.63. The molecule has 1 saturated heterocycles. The van der Waals surface area contributed by atoms with Crippen molar-refractivity contribution in [1.29, 1.82) is 0 Å². The van der Waals surface area contributed by atoms with Gasteiger partial charge in [0.15, 0.2) is 5.11 Å². The largest absolute Gasteiger partial charge is 0.462 e. The molecule has 1 aliphatic heterocycles. The second kappa shape index (κ2) is 8.87. The summed E-state index contributed by atoms with van der Waals surface area (Å²) in [6.45, 7) is 6.02. The highest BCUT2D eigenvalue weighted by atomic mass is 32.1. The Bertz CT molecular complexity index is 1190. The number of aromatic nitrogens is 1. The van der Waals surface area contributed by atoms with Gasteiger partial charge in [0.05, 0.1) is 12.2 Å². The third-order valence-electron chi connectivity index (χ3n) is 6.25. The van der Waals surface area contributed by atoms with Crippen LogP contribution in [0, 0.1) is 13.8 Å². The zero-order chi connectivity index (χ0) is 24.0. The molecule has 1 aliphatic carbocycles. The summed E-state index contributed by atoms with van der Waals surface area (Å²) < 4.78 is 7.45. The second-order valence-electron chi connectivity index (χ2n) is 8.34. The lowest BCUT2D eigenvalue weighted by Gasteiger charge is -2.31. The third-order valence-corrected chi connectivity index (χ3v) is 8.07. The Morgan fingerprint density at radius 1 is 1.15 bits per heavy atom. The number of rotatable bonds is 4. The molecular formula is C24H27N3O4S2. The number of likely N-dealkylation sites (N-methyl/N-ethyl adjacent to an activating group) is 2. The van der Waals surface area contributed by atoms with Crippen molar-refractivity contribution in [3.05, 3.63) is 44.6 Å². The van der Waals surface area contributed by atoms with E-state index in [-0.39, 0.29) is 16.7 Å². The van der Waals surface area contributed by atoms with Crippen LogP contribution >= 0.6 is 23.6 Å². The summed E-state index contributed by atoms with van der Waals surface area (Å²) in [5, 5.41) is 1.02. The molecule has 33 heavy (non-hydrogen) atoms. The van der Waals surface area contributed by atoms with Crippen molar-refractivity contribution < 1.29 is 19.1 Å². The second-order valence-corrected chi connectivity index (χ2v) is 9.79. The van der Waals surface area contributed by atoms with Gasteiger partial charge < -0.3 is 9.30 Å². The van der Waals surface area contributed by atoms with E-state index in [4.69, 9.17) is 17.0 Å². The van der Waals surface area contributed by atoms with E-state index in [2.05, 4.69) is 0 Å². The van der Waals surface area contributed by atoms with E-state index < -0.39 is 11.8 Å². The van der Waals surface area contributed by atoms with E-state index >= 15 is 0 Å². The minimum absolute atomic E-state index is 0.0601. The molecule has 0 N–H and O–H groups in total. The highest BCUT2D eigenvalue weighted by Gasteiger charge is 2.36. The molecule has 2 aromatic heterocycles. The molecule has 1 fully saturated rings. The lowest BCUT2D eigenvalue weighted by Crippen LogP contribution is -2.52. The molecule has 0 spiro atoms. The molecule has 0 saturated carbocycles. The van der Waals surface area contributed by atoms with Gasteiger partial charge in [-0.3, -0.25) is 19.4 Å². The molecule has 7 nitrogen and oxygen atoms in total. The molecule has 2 aromatic rings. The van der Waals surface area contributed by atoms with Gasteiger partial charge in [0.1, 0.15) is 10.6 Å². The zero-order valence-electron chi connectivity index (χ0n) is 19.5. The lowest BCUT2D eigenvalue weighted by atomic mass is 9.95. The Labute approximate surface area is 202 Å². The van der Waals surface area contributed by atoms with Gasteiger partial charge in [-0.25, -0.2) is 4.79 Å². The summed E-state index contributed by atoms with van der Waals surface area (Å²) in [5.41, 5.74) is 4.32. The van der Waals surface area contributed by atoms with Gasteiger partial charge in [-0.05, 0) is 81.9 Å². The van der Waals surface area contributed by atoms with Crippen LogP contribution in [0.3, 0.4) is 0 Å². The van der Waals surface area contributed by atoms with E-state index in [9.17, 15) is 14.4 Å². The predicted molar refractivity (Wildman–Crippen MR) is 132 cm³/mol. The van der Waals surface area contributed by atoms with Crippen molar-refractivity contribution in [1.82, 2.24) is 14.4 Å². The summed E-state index contributed by atoms with van der Waals surface area (Å²) in [7, 11) is 3.12. The number of carbonyl (C=O) groups excluding carboxylic acids is 3. The SMILES string of the molecule is CCOC(=O)c1c(-n2c(C)cc(C=C3C(=O)N(C)C(=S)N(C)C3=O)c2C)sc2c1CCCC2. The summed E-state index contributed by atoms with van der Waals surface area (Å²) in [6, 6.07) is 1.93. The minimum Gasteiger partial charge on any atom is -0.462 e. The fraction of sp³-hybridized carbons (Fsp3) is 0.417. The number of fused-ring (bicyclic) bond motifs is 1. The molecule has 9 heteroatoms. The van der Waals surface area contributed by atoms with Gasteiger partial charge in [-0.15, -0.1) is 11.3 Å². The Kier molecular flexibility index (Phi) is 6.28. The van der Waals surface area contributed by atoms with Gasteiger partial charge in [0.25, 0.3) is 11.8 Å². The first kappa shape index (κ1) is 23.4. The van der Waals surface area contributed by atoms with Crippen LogP contribution in [-0.2, 0) is 27.2 Å². The number of esters is 1. The van der Waals surface area contributed by atoms with Gasteiger partial charge in [-0.2, -0.15) is 0 Å². The van der Waals surface area contributed by atoms with Gasteiger partial charge in [0, 0.05) is 30.4 Å². The molecule has 0 atom stereocenters. The number of aryl methyl sites for hydroxylation is 2. The van der Waals surface area contributed by atoms with Gasteiger partial charge in [0.2, 0.25) is 0 Å². The van der Waals surface area contributed by atoms with Crippen LogP contribution in [0.25, 0.3) is 11.1 Å². The number of nitrogens with zero attached hydrogens (tertiary/aromatic N) is 3. The van der Waals surface area contributed by atoms with Crippen LogP contribution in [0.15, 0.2) is 11.6 Å². The molecule has 4 rings (SSSR count). The average molecular weight is 486 g/mol. The maximum Gasteiger partial charge on any atom is 0.341 e. The fourth-order valence-electron chi connectivity index (χ4n) is 4.50. The van der Waals surface area contributed by atoms with Gasteiger partial charge in [-0.1, -0.05) is 0 Å². The lowest BCUT2D eigenvalue weighted by molar-refractivity contribution is -0.132. The van der Waals surface area contributed by atoms with E-state index in [1.807, 2.05) is 31.4 Å². The third kappa shape index (κ3) is 3.83. The molecule has 0 aromatic carbocycles. The van der Waals surface area contributed by atoms with Crippen LogP contribution in [0.5, 0.6) is 0 Å². The van der Waals surface area contributed by atoms with E-state index in [1.165, 1.54) is 14.7 Å². The Hall–Kier alpha value is -2.78. The van der Waals surface area contributed by atoms with E-state index in [0.717, 1.165) is 53.2 Å². The number of thiophene rings is 1. The van der Waals surface area contributed by atoms with Crippen molar-refractivity contribution in [3.63, 3.8) is 0 Å². The first-order chi connectivity index (χ1) is 15.7. The molecule has 0 unspecified atom stereocenters. The number of carbonyl (C=O) groups is 3. The maximum atomic E-state index is 13.0. The number of amides is 2. The first-order valence-electron chi connectivity index (χ1n) is 11.0. The van der Waals surface area contributed by atoms with Crippen molar-refractivity contribution >= 4 is 52.5 Å². The Morgan fingerprint density at radius 2 is 1.79 bits per heavy atom. The molecule has 0 radical (unpaired) electrons. The van der Waals surface area contributed by atoms with E-state index in [1.54, 1.807) is 31.5 Å². The topological polar surface area (TPSA) is 71.8 Å². The average Bonchev–Trinajstić information content (AvgIpc) is 3.30. The zero-order valence-corrected chi connectivity index (χ0v) is 21.1. The minimum atomic E-state index is -0.424. The van der Waals surface area contributed by atoms with Crippen LogP contribution < -0.4 is 0 Å². The first-order valence-corrected chi connectivity index (χ1v) is 12.2. The smallest absolute Gasteiger partial charge is 0.341 e. The van der Waals surface area contributed by atoms with Crippen LogP contribution in [0.1, 0.15) is 57.5 Å². The Balaban J connectivity index is 1.85. The molecule has 174 valence electrons. The number of hydrogen-bond donors (Lipinski definition) is 0. The number of hydrogen-bond acceptors (Lipinski definition) is 6. The van der Waals surface area contributed by atoms with Crippen molar-refractivity contribution in [2.75, 3.05) is 20.7 Å². The Morgan fingerprint density at radius 3 is 2.42 bits per heavy atom. The summed E-state index contributed by atoms with van der Waals surface area (Å²) >= 11 is 6.81. The van der Waals surface area contributed by atoms with Crippen molar-refractivity contribution in [3.8, 4) is 5.00 Å². The summed E-state index contributed by atoms with van der Waals surface area (Å²) in [5.74, 6) is -1.15. The number of thiocarbonyl (C=S) groups is 1. The summed E-state index contributed by atoms with van der Waals surface area (Å²) in [4.78, 5) is 42.3. The standard InChI is InChI=1S/C24H27N3O4S2/c1-6-31-23(30)19-16-9-7-8-10-18(16)33-22(19)27-13(2)11-15(14(27)3)12-17-20(28)25(4)24(32)26(5)21(17)29/h11-12H,6-10H2,1-5H3. The van der Waals surface area contributed by atoms with Crippen molar-refractivity contribution in [2.24, 2.45) is 0 Å². The van der Waals surface area contributed by atoms with Gasteiger partial charge >= 0.3 is 5.97 Å². The molecule has 2 amide bonds. The molecule has 0 bridgehead atoms. The molecular weight excluding hydrogens is 458 g/mol. The monoisotopic (exact) mass is 485 g/mol. The molecule has 2 aliphatic rings. The fourth-order valence-corrected chi connectivity index (χ4v) is 6.15. The van der Waals surface area contributed by atoms with Crippen molar-refractivity contribution in [2.45, 2.75) is 46.5 Å². The predicted octanol–water partition coefficient (Wildman–Crippen LogP) is 3.81. The van der Waals surface area contributed by atoms with Crippen LogP contribution in [-0.4, -0.2) is 58.0 Å². The normalized spacial score (nSPS) is 16.4. The quantitative estimate of drug-likeness (QED) is 0.285. The van der Waals surface area contributed by atoms with Crippen LogP contribution in [0.4, 0.5) is 0 Å². The number of ether oxygens (including phenoxy) is 1. The van der Waals surface area contributed by atoms with E-state index in [0.29, 0.717) is 12.2 Å².